The quantitative estimate of drug-likeness (QED) is 0.445. The zero-order valence-corrected chi connectivity index (χ0v) is 14.7. The van der Waals surface area contributed by atoms with Crippen LogP contribution in [-0.2, 0) is 12.4 Å². The summed E-state index contributed by atoms with van der Waals surface area (Å²) in [7, 11) is 0. The van der Waals surface area contributed by atoms with Crippen molar-refractivity contribution in [1.82, 2.24) is 0 Å². The Morgan fingerprint density at radius 2 is 0.960 bits per heavy atom. The normalized spacial score (nSPS) is 11.8. The van der Waals surface area contributed by atoms with Crippen molar-refractivity contribution in [2.45, 2.75) is 47.0 Å². The van der Waals surface area contributed by atoms with Gasteiger partial charge in [0.25, 0.3) is 0 Å². The van der Waals surface area contributed by atoms with E-state index in [4.69, 9.17) is 0 Å². The predicted molar refractivity (Wildman–Crippen MR) is 86.6 cm³/mol. The van der Waals surface area contributed by atoms with Crippen molar-refractivity contribution in [1.29, 1.82) is 0 Å². The molecule has 138 valence electrons. The lowest BCUT2D eigenvalue weighted by molar-refractivity contribution is -0.138. The van der Waals surface area contributed by atoms with Gasteiger partial charge in [-0.2, -0.15) is 26.3 Å². The highest BCUT2D eigenvalue weighted by Gasteiger charge is 2.33. The third-order valence-electron chi connectivity index (χ3n) is 3.84. The number of hydrogen-bond donors (Lipinski definition) is 0. The highest BCUT2D eigenvalue weighted by Crippen LogP contribution is 2.33. The van der Waals surface area contributed by atoms with Gasteiger partial charge in [-0.05, 0) is 69.0 Å². The highest BCUT2D eigenvalue weighted by atomic mass is 19.4. The SMILES string of the molecule is Cc1cc(C)c(C(F)(F)F)cc1C.Cc1ccc(C)c(C(F)(F)F)c1. The number of rotatable bonds is 0. The van der Waals surface area contributed by atoms with Crippen molar-refractivity contribution in [3.63, 3.8) is 0 Å². The average Bonchev–Trinajstić information content (AvgIpc) is 2.44. The molecule has 0 radical (unpaired) electrons. The standard InChI is InChI=1S/C10H11F3.C9H9F3/c1-6-4-8(3)9(5-7(6)2)10(11,12)13;1-6-3-4-7(2)8(5-6)9(10,11)12/h4-5H,1-3H3;3-5H,1-2H3. The molecule has 2 aromatic carbocycles. The molecule has 0 spiro atoms. The van der Waals surface area contributed by atoms with E-state index < -0.39 is 23.5 Å². The largest absolute Gasteiger partial charge is 0.416 e. The summed E-state index contributed by atoms with van der Waals surface area (Å²) in [5.41, 5.74) is 1.69. The van der Waals surface area contributed by atoms with E-state index in [1.54, 1.807) is 26.0 Å². The summed E-state index contributed by atoms with van der Waals surface area (Å²) in [5.74, 6) is 0. The number of benzene rings is 2. The van der Waals surface area contributed by atoms with Crippen LogP contribution in [0.2, 0.25) is 0 Å². The van der Waals surface area contributed by atoms with E-state index in [-0.39, 0.29) is 11.1 Å². The van der Waals surface area contributed by atoms with Gasteiger partial charge in [-0.3, -0.25) is 0 Å². The van der Waals surface area contributed by atoms with Crippen LogP contribution in [0.15, 0.2) is 30.3 Å². The molecule has 0 aromatic heterocycles. The van der Waals surface area contributed by atoms with Gasteiger partial charge < -0.3 is 0 Å². The van der Waals surface area contributed by atoms with Crippen LogP contribution < -0.4 is 0 Å². The molecule has 0 atom stereocenters. The molecule has 0 nitrogen and oxygen atoms in total. The van der Waals surface area contributed by atoms with Crippen molar-refractivity contribution in [2.24, 2.45) is 0 Å². The van der Waals surface area contributed by atoms with E-state index in [0.29, 0.717) is 11.1 Å². The van der Waals surface area contributed by atoms with Crippen LogP contribution in [0.25, 0.3) is 0 Å². The lowest BCUT2D eigenvalue weighted by Gasteiger charge is -2.12. The summed E-state index contributed by atoms with van der Waals surface area (Å²) in [4.78, 5) is 0. The van der Waals surface area contributed by atoms with E-state index in [9.17, 15) is 26.3 Å². The first kappa shape index (κ1) is 21.1. The second kappa shape index (κ2) is 7.50. The first-order valence-corrected chi connectivity index (χ1v) is 7.53. The molecule has 2 aromatic rings. The summed E-state index contributed by atoms with van der Waals surface area (Å²) in [6, 6.07) is 7.08. The fourth-order valence-corrected chi connectivity index (χ4v) is 2.31. The average molecular weight is 362 g/mol. The summed E-state index contributed by atoms with van der Waals surface area (Å²) >= 11 is 0. The smallest absolute Gasteiger partial charge is 0.166 e. The van der Waals surface area contributed by atoms with E-state index in [0.717, 1.165) is 11.6 Å². The highest BCUT2D eigenvalue weighted by molar-refractivity contribution is 5.38. The van der Waals surface area contributed by atoms with Crippen molar-refractivity contribution in [2.75, 3.05) is 0 Å². The van der Waals surface area contributed by atoms with Gasteiger partial charge >= 0.3 is 12.4 Å². The minimum Gasteiger partial charge on any atom is -0.166 e. The number of alkyl halides is 6. The van der Waals surface area contributed by atoms with E-state index in [1.807, 2.05) is 6.92 Å². The van der Waals surface area contributed by atoms with Gasteiger partial charge in [0.05, 0.1) is 11.1 Å². The van der Waals surface area contributed by atoms with Gasteiger partial charge in [0.2, 0.25) is 0 Å². The lowest BCUT2D eigenvalue weighted by Crippen LogP contribution is -2.08. The van der Waals surface area contributed by atoms with E-state index >= 15 is 0 Å². The van der Waals surface area contributed by atoms with Crippen LogP contribution in [0.1, 0.15) is 38.9 Å². The fraction of sp³-hybridized carbons (Fsp3) is 0.368. The van der Waals surface area contributed by atoms with Gasteiger partial charge in [0.15, 0.2) is 0 Å². The molecule has 6 heteroatoms. The van der Waals surface area contributed by atoms with Gasteiger partial charge in [-0.25, -0.2) is 0 Å². The summed E-state index contributed by atoms with van der Waals surface area (Å²) in [5, 5.41) is 0. The molecule has 0 unspecified atom stereocenters. The molecule has 0 heterocycles. The third-order valence-corrected chi connectivity index (χ3v) is 3.84. The molecule has 0 aliphatic carbocycles. The van der Waals surface area contributed by atoms with Crippen LogP contribution in [0.5, 0.6) is 0 Å². The Morgan fingerprint density at radius 1 is 0.520 bits per heavy atom. The Bertz CT molecular complexity index is 739. The number of hydrogen-bond acceptors (Lipinski definition) is 0. The molecule has 0 fully saturated rings. The van der Waals surface area contributed by atoms with Crippen LogP contribution in [0, 0.1) is 34.6 Å². The van der Waals surface area contributed by atoms with Gasteiger partial charge in [0, 0.05) is 0 Å². The van der Waals surface area contributed by atoms with E-state index in [1.165, 1.54) is 26.0 Å². The monoisotopic (exact) mass is 362 g/mol. The summed E-state index contributed by atoms with van der Waals surface area (Å²) in [6.07, 6.45) is -8.46. The molecule has 2 rings (SSSR count). The first-order valence-electron chi connectivity index (χ1n) is 7.53. The van der Waals surface area contributed by atoms with Crippen molar-refractivity contribution in [3.05, 3.63) is 69.3 Å². The van der Waals surface area contributed by atoms with Crippen molar-refractivity contribution < 1.29 is 26.3 Å². The minimum atomic E-state index is -4.23. The maximum absolute atomic E-state index is 12.4. The summed E-state index contributed by atoms with van der Waals surface area (Å²) < 4.78 is 73.8. The maximum Gasteiger partial charge on any atom is 0.416 e. The van der Waals surface area contributed by atoms with Gasteiger partial charge in [0.1, 0.15) is 0 Å². The molecule has 0 aliphatic rings. The molecule has 0 N–H and O–H groups in total. The zero-order valence-electron chi connectivity index (χ0n) is 14.7. The third kappa shape index (κ3) is 5.80. The number of aryl methyl sites for hydroxylation is 5. The van der Waals surface area contributed by atoms with Gasteiger partial charge in [-0.1, -0.05) is 23.8 Å². The van der Waals surface area contributed by atoms with Gasteiger partial charge in [-0.15, -0.1) is 0 Å². The second-order valence-electron chi connectivity index (χ2n) is 6.07. The van der Waals surface area contributed by atoms with E-state index in [2.05, 4.69) is 0 Å². The molecule has 0 saturated carbocycles. The van der Waals surface area contributed by atoms with Crippen LogP contribution in [0.3, 0.4) is 0 Å². The van der Waals surface area contributed by atoms with Crippen LogP contribution >= 0.6 is 0 Å². The Hall–Kier alpha value is -1.98. The molecule has 0 saturated heterocycles. The Morgan fingerprint density at radius 3 is 1.40 bits per heavy atom. The Kier molecular flexibility index (Phi) is 6.32. The molecule has 25 heavy (non-hydrogen) atoms. The molecular formula is C19H20F6. The second-order valence-corrected chi connectivity index (χ2v) is 6.07. The van der Waals surface area contributed by atoms with Crippen LogP contribution in [-0.4, -0.2) is 0 Å². The predicted octanol–water partition coefficient (Wildman–Crippen LogP) is 6.95. The topological polar surface area (TPSA) is 0 Å². The Balaban J connectivity index is 0.000000251. The summed E-state index contributed by atoms with van der Waals surface area (Å²) in [6.45, 7) is 8.08. The molecule has 0 amide bonds. The Labute approximate surface area is 143 Å². The maximum atomic E-state index is 12.4. The van der Waals surface area contributed by atoms with Crippen molar-refractivity contribution >= 4 is 0 Å². The minimum absolute atomic E-state index is 0.271. The lowest BCUT2D eigenvalue weighted by atomic mass is 10.0. The molecule has 0 aliphatic heterocycles. The molecular weight excluding hydrogens is 342 g/mol. The number of halogens is 6. The fourth-order valence-electron chi connectivity index (χ4n) is 2.31. The van der Waals surface area contributed by atoms with Crippen LogP contribution in [0.4, 0.5) is 26.3 Å². The first-order chi connectivity index (χ1) is 11.2. The zero-order chi connectivity index (χ0) is 19.6. The van der Waals surface area contributed by atoms with Crippen molar-refractivity contribution in [3.8, 4) is 0 Å². The molecule has 0 bridgehead atoms.